The van der Waals surface area contributed by atoms with E-state index in [1.807, 2.05) is 18.3 Å². The monoisotopic (exact) mass is 143 g/mol. The highest BCUT2D eigenvalue weighted by Gasteiger charge is 1.93. The van der Waals surface area contributed by atoms with Crippen LogP contribution in [0.2, 0.25) is 0 Å². The van der Waals surface area contributed by atoms with Gasteiger partial charge in [-0.25, -0.2) is 0 Å². The van der Waals surface area contributed by atoms with Crippen LogP contribution < -0.4 is 0 Å². The molecule has 1 aromatic heterocycles. The minimum atomic E-state index is 0.612. The van der Waals surface area contributed by atoms with Crippen LogP contribution in [0.5, 0.6) is 0 Å². The Balaban J connectivity index is 2.85. The number of rotatable bonds is 2. The van der Waals surface area contributed by atoms with Gasteiger partial charge in [-0.1, -0.05) is 0 Å². The zero-order valence-corrected chi connectivity index (χ0v) is 6.23. The van der Waals surface area contributed by atoms with Gasteiger partial charge in [0, 0.05) is 18.4 Å². The van der Waals surface area contributed by atoms with Crippen LogP contribution in [-0.2, 0) is 12.4 Å². The lowest BCUT2D eigenvalue weighted by Crippen LogP contribution is -1.95. The molecule has 50 valence electrons. The summed E-state index contributed by atoms with van der Waals surface area (Å²) in [5, 5.41) is 0. The maximum absolute atomic E-state index is 5.63. The number of alkyl halides is 1. The Morgan fingerprint density at radius 3 is 2.89 bits per heavy atom. The van der Waals surface area contributed by atoms with Crippen LogP contribution in [-0.4, -0.2) is 4.57 Å². The van der Waals surface area contributed by atoms with Crippen molar-refractivity contribution < 1.29 is 0 Å². The Morgan fingerprint density at radius 1 is 1.67 bits per heavy atom. The van der Waals surface area contributed by atoms with Crippen molar-refractivity contribution in [3.05, 3.63) is 24.0 Å². The summed E-state index contributed by atoms with van der Waals surface area (Å²) in [4.78, 5) is 0. The van der Waals surface area contributed by atoms with Crippen LogP contribution >= 0.6 is 11.6 Å². The van der Waals surface area contributed by atoms with Crippen LogP contribution in [0.1, 0.15) is 12.6 Å². The van der Waals surface area contributed by atoms with Gasteiger partial charge in [0.15, 0.2) is 0 Å². The fourth-order valence-corrected chi connectivity index (χ4v) is 1.12. The molecule has 1 aromatic rings. The average Bonchev–Trinajstić information content (AvgIpc) is 2.33. The highest BCUT2D eigenvalue weighted by molar-refractivity contribution is 6.16. The van der Waals surface area contributed by atoms with Crippen molar-refractivity contribution in [3.63, 3.8) is 0 Å². The van der Waals surface area contributed by atoms with Gasteiger partial charge in [0.25, 0.3) is 0 Å². The molecule has 0 saturated carbocycles. The lowest BCUT2D eigenvalue weighted by atomic mass is 10.5. The summed E-state index contributed by atoms with van der Waals surface area (Å²) < 4.78 is 2.13. The summed E-state index contributed by atoms with van der Waals surface area (Å²) in [6.45, 7) is 3.12. The van der Waals surface area contributed by atoms with E-state index in [9.17, 15) is 0 Å². The van der Waals surface area contributed by atoms with E-state index in [1.54, 1.807) is 0 Å². The fraction of sp³-hybridized carbons (Fsp3) is 0.429. The van der Waals surface area contributed by atoms with Crippen molar-refractivity contribution in [2.24, 2.45) is 0 Å². The molecule has 0 amide bonds. The van der Waals surface area contributed by atoms with Crippen molar-refractivity contribution in [1.82, 2.24) is 4.57 Å². The third-order valence-corrected chi connectivity index (χ3v) is 1.67. The van der Waals surface area contributed by atoms with Crippen LogP contribution in [0.25, 0.3) is 0 Å². The molecule has 0 aliphatic heterocycles. The molecular formula is C7H10ClN. The van der Waals surface area contributed by atoms with E-state index >= 15 is 0 Å². The van der Waals surface area contributed by atoms with Crippen LogP contribution in [0.15, 0.2) is 18.3 Å². The van der Waals surface area contributed by atoms with Gasteiger partial charge in [-0.3, -0.25) is 0 Å². The van der Waals surface area contributed by atoms with Gasteiger partial charge in [-0.15, -0.1) is 11.6 Å². The third-order valence-electron chi connectivity index (χ3n) is 1.40. The second-order valence-corrected chi connectivity index (χ2v) is 2.19. The van der Waals surface area contributed by atoms with Gasteiger partial charge < -0.3 is 4.57 Å². The van der Waals surface area contributed by atoms with Crippen molar-refractivity contribution >= 4 is 11.6 Å². The number of aromatic nitrogens is 1. The van der Waals surface area contributed by atoms with Gasteiger partial charge in [0.05, 0.1) is 5.88 Å². The second kappa shape index (κ2) is 2.92. The highest BCUT2D eigenvalue weighted by atomic mass is 35.5. The minimum Gasteiger partial charge on any atom is -0.351 e. The summed E-state index contributed by atoms with van der Waals surface area (Å²) in [5.74, 6) is 0.612. The smallest absolute Gasteiger partial charge is 0.0627 e. The molecule has 2 heteroatoms. The number of aryl methyl sites for hydroxylation is 1. The van der Waals surface area contributed by atoms with Crippen LogP contribution in [0, 0.1) is 0 Å². The SMILES string of the molecule is CCn1cccc1CCl. The maximum atomic E-state index is 5.63. The molecule has 1 nitrogen and oxygen atoms in total. The molecule has 1 heterocycles. The van der Waals surface area contributed by atoms with E-state index in [-0.39, 0.29) is 0 Å². The molecule has 0 N–H and O–H groups in total. The van der Waals surface area contributed by atoms with Crippen molar-refractivity contribution in [2.45, 2.75) is 19.3 Å². The first-order chi connectivity index (χ1) is 4.38. The van der Waals surface area contributed by atoms with Gasteiger partial charge >= 0.3 is 0 Å². The summed E-state index contributed by atoms with van der Waals surface area (Å²) in [6, 6.07) is 4.05. The van der Waals surface area contributed by atoms with Gasteiger partial charge in [-0.05, 0) is 19.1 Å². The molecule has 0 atom stereocenters. The number of hydrogen-bond acceptors (Lipinski definition) is 0. The van der Waals surface area contributed by atoms with E-state index in [4.69, 9.17) is 11.6 Å². The summed E-state index contributed by atoms with van der Waals surface area (Å²) in [7, 11) is 0. The normalized spacial score (nSPS) is 10.0. The van der Waals surface area contributed by atoms with Crippen molar-refractivity contribution in [1.29, 1.82) is 0 Å². The molecule has 0 aromatic carbocycles. The molecule has 9 heavy (non-hydrogen) atoms. The molecule has 0 aliphatic rings. The Labute approximate surface area is 60.2 Å². The topological polar surface area (TPSA) is 4.93 Å². The first-order valence-electron chi connectivity index (χ1n) is 3.08. The molecule has 0 radical (unpaired) electrons. The quantitative estimate of drug-likeness (QED) is 0.560. The number of hydrogen-bond donors (Lipinski definition) is 0. The Bertz CT molecular complexity index is 162. The van der Waals surface area contributed by atoms with E-state index in [1.165, 1.54) is 5.69 Å². The van der Waals surface area contributed by atoms with Crippen molar-refractivity contribution in [2.75, 3.05) is 0 Å². The van der Waals surface area contributed by atoms with Crippen molar-refractivity contribution in [3.8, 4) is 0 Å². The number of halogens is 1. The lowest BCUT2D eigenvalue weighted by Gasteiger charge is -2.00. The number of nitrogens with zero attached hydrogens (tertiary/aromatic N) is 1. The first-order valence-corrected chi connectivity index (χ1v) is 3.62. The minimum absolute atomic E-state index is 0.612. The van der Waals surface area contributed by atoms with Gasteiger partial charge in [0.2, 0.25) is 0 Å². The third kappa shape index (κ3) is 1.28. The summed E-state index contributed by atoms with van der Waals surface area (Å²) in [6.07, 6.45) is 2.04. The second-order valence-electron chi connectivity index (χ2n) is 1.92. The summed E-state index contributed by atoms with van der Waals surface area (Å²) in [5.41, 5.74) is 1.19. The molecular weight excluding hydrogens is 134 g/mol. The molecule has 0 spiro atoms. The standard InChI is InChI=1S/C7H10ClN/c1-2-9-5-3-4-7(9)6-8/h3-5H,2,6H2,1H3. The Hall–Kier alpha value is -0.430. The molecule has 0 fully saturated rings. The molecule has 0 aliphatic carbocycles. The lowest BCUT2D eigenvalue weighted by molar-refractivity contribution is 0.738. The molecule has 0 saturated heterocycles. The first kappa shape index (κ1) is 6.69. The van der Waals surface area contributed by atoms with E-state index in [0.717, 1.165) is 6.54 Å². The Morgan fingerprint density at radius 2 is 2.44 bits per heavy atom. The largest absolute Gasteiger partial charge is 0.351 e. The average molecular weight is 144 g/mol. The Kier molecular flexibility index (Phi) is 2.17. The predicted octanol–water partition coefficient (Wildman–Crippen LogP) is 2.25. The van der Waals surface area contributed by atoms with E-state index in [2.05, 4.69) is 11.5 Å². The van der Waals surface area contributed by atoms with E-state index < -0.39 is 0 Å². The van der Waals surface area contributed by atoms with Crippen LogP contribution in [0.3, 0.4) is 0 Å². The van der Waals surface area contributed by atoms with Crippen LogP contribution in [0.4, 0.5) is 0 Å². The molecule has 0 unspecified atom stereocenters. The zero-order valence-electron chi connectivity index (χ0n) is 5.47. The zero-order chi connectivity index (χ0) is 6.69. The highest BCUT2D eigenvalue weighted by Crippen LogP contribution is 2.04. The molecule has 1 rings (SSSR count). The fourth-order valence-electron chi connectivity index (χ4n) is 0.879. The molecule has 0 bridgehead atoms. The summed E-state index contributed by atoms with van der Waals surface area (Å²) >= 11 is 5.63. The van der Waals surface area contributed by atoms with Gasteiger partial charge in [-0.2, -0.15) is 0 Å². The maximum Gasteiger partial charge on any atom is 0.0627 e. The predicted molar refractivity (Wildman–Crippen MR) is 39.7 cm³/mol. The van der Waals surface area contributed by atoms with E-state index in [0.29, 0.717) is 5.88 Å². The van der Waals surface area contributed by atoms with Gasteiger partial charge in [0.1, 0.15) is 0 Å².